The van der Waals surface area contributed by atoms with E-state index in [4.69, 9.17) is 11.6 Å². The first-order chi connectivity index (χ1) is 12.5. The van der Waals surface area contributed by atoms with E-state index in [0.29, 0.717) is 22.3 Å². The van der Waals surface area contributed by atoms with Crippen molar-refractivity contribution in [2.45, 2.75) is 31.8 Å². The van der Waals surface area contributed by atoms with Gasteiger partial charge in [0.15, 0.2) is 0 Å². The van der Waals surface area contributed by atoms with Gasteiger partial charge in [-0.2, -0.15) is 0 Å². The third kappa shape index (κ3) is 2.92. The van der Waals surface area contributed by atoms with Crippen LogP contribution in [-0.2, 0) is 4.79 Å². The van der Waals surface area contributed by atoms with Gasteiger partial charge in [-0.25, -0.2) is 0 Å². The standard InChI is InChI=1S/C20H20ClN3O2/c1-12-20(26)23(2)17-10-3-13(11-18(17)24(12)16-8-9-16)19(25)22-15-6-4-14(21)5-7-15/h3-7,10-12,16H,8-9H2,1-2H3,(H,22,25). The number of carbonyl (C=O) groups excluding carboxylic acids is 2. The summed E-state index contributed by atoms with van der Waals surface area (Å²) < 4.78 is 0. The molecule has 1 aliphatic carbocycles. The number of nitrogens with zero attached hydrogens (tertiary/aromatic N) is 2. The first kappa shape index (κ1) is 16.9. The zero-order valence-electron chi connectivity index (χ0n) is 14.7. The van der Waals surface area contributed by atoms with Crippen molar-refractivity contribution in [3.8, 4) is 0 Å². The summed E-state index contributed by atoms with van der Waals surface area (Å²) in [6, 6.07) is 12.7. The zero-order valence-corrected chi connectivity index (χ0v) is 15.5. The smallest absolute Gasteiger partial charge is 0.255 e. The number of rotatable bonds is 3. The van der Waals surface area contributed by atoms with Crippen LogP contribution < -0.4 is 15.1 Å². The Morgan fingerprint density at radius 1 is 1.12 bits per heavy atom. The number of halogens is 1. The summed E-state index contributed by atoms with van der Waals surface area (Å²) in [5.41, 5.74) is 3.06. The Kier molecular flexibility index (Phi) is 4.11. The second-order valence-corrected chi connectivity index (χ2v) is 7.31. The highest BCUT2D eigenvalue weighted by atomic mass is 35.5. The third-order valence-corrected chi connectivity index (χ3v) is 5.28. The average molecular weight is 370 g/mol. The van der Waals surface area contributed by atoms with E-state index in [1.165, 1.54) is 0 Å². The summed E-state index contributed by atoms with van der Waals surface area (Å²) in [7, 11) is 1.79. The lowest BCUT2D eigenvalue weighted by Crippen LogP contribution is -2.51. The van der Waals surface area contributed by atoms with Crippen molar-refractivity contribution in [1.29, 1.82) is 0 Å². The number of likely N-dealkylation sites (N-methyl/N-ethyl adjacent to an activating group) is 1. The fourth-order valence-electron chi connectivity index (χ4n) is 3.48. The zero-order chi connectivity index (χ0) is 18.4. The number of hydrogen-bond donors (Lipinski definition) is 1. The number of hydrogen-bond acceptors (Lipinski definition) is 3. The van der Waals surface area contributed by atoms with Crippen LogP contribution in [0.2, 0.25) is 5.02 Å². The lowest BCUT2D eigenvalue weighted by molar-refractivity contribution is -0.119. The number of fused-ring (bicyclic) bond motifs is 1. The van der Waals surface area contributed by atoms with E-state index in [0.717, 1.165) is 24.2 Å². The van der Waals surface area contributed by atoms with Crippen molar-refractivity contribution in [1.82, 2.24) is 0 Å². The number of amides is 2. The van der Waals surface area contributed by atoms with Gasteiger partial charge in [-0.1, -0.05) is 11.6 Å². The first-order valence-corrected chi connectivity index (χ1v) is 9.10. The minimum Gasteiger partial charge on any atom is -0.355 e. The van der Waals surface area contributed by atoms with Crippen LogP contribution in [0.25, 0.3) is 0 Å². The maximum Gasteiger partial charge on any atom is 0.255 e. The Balaban J connectivity index is 1.66. The van der Waals surface area contributed by atoms with Crippen LogP contribution in [0.15, 0.2) is 42.5 Å². The Morgan fingerprint density at radius 3 is 2.46 bits per heavy atom. The highest BCUT2D eigenvalue weighted by molar-refractivity contribution is 6.30. The molecule has 4 rings (SSSR count). The second-order valence-electron chi connectivity index (χ2n) is 6.88. The predicted molar refractivity (Wildman–Crippen MR) is 104 cm³/mol. The van der Waals surface area contributed by atoms with E-state index in [2.05, 4.69) is 10.2 Å². The molecule has 26 heavy (non-hydrogen) atoms. The van der Waals surface area contributed by atoms with E-state index >= 15 is 0 Å². The van der Waals surface area contributed by atoms with Gasteiger partial charge >= 0.3 is 0 Å². The Bertz CT molecular complexity index is 877. The van der Waals surface area contributed by atoms with Crippen LogP contribution in [0, 0.1) is 0 Å². The number of nitrogens with one attached hydrogen (secondary N) is 1. The summed E-state index contributed by atoms with van der Waals surface area (Å²) in [6.07, 6.45) is 2.17. The molecule has 134 valence electrons. The summed E-state index contributed by atoms with van der Waals surface area (Å²) in [5, 5.41) is 3.51. The monoisotopic (exact) mass is 369 g/mol. The van der Waals surface area contributed by atoms with Gasteiger partial charge in [0.05, 0.1) is 11.4 Å². The molecule has 0 spiro atoms. The molecule has 6 heteroatoms. The van der Waals surface area contributed by atoms with Crippen LogP contribution in [0.3, 0.4) is 0 Å². The molecule has 1 fully saturated rings. The third-order valence-electron chi connectivity index (χ3n) is 5.02. The van der Waals surface area contributed by atoms with Crippen LogP contribution in [0.1, 0.15) is 30.1 Å². The molecule has 0 aromatic heterocycles. The maximum atomic E-state index is 12.7. The number of benzene rings is 2. The minimum atomic E-state index is -0.213. The van der Waals surface area contributed by atoms with Gasteiger partial charge in [0.2, 0.25) is 5.91 Å². The molecular weight excluding hydrogens is 350 g/mol. The summed E-state index contributed by atoms with van der Waals surface area (Å²) in [5.74, 6) is -0.0964. The van der Waals surface area contributed by atoms with Gasteiger partial charge in [-0.3, -0.25) is 9.59 Å². The van der Waals surface area contributed by atoms with Crippen molar-refractivity contribution in [3.05, 3.63) is 53.1 Å². The molecule has 1 aliphatic heterocycles. The molecule has 2 aliphatic rings. The lowest BCUT2D eigenvalue weighted by atomic mass is 10.0. The van der Waals surface area contributed by atoms with Gasteiger partial charge in [0, 0.05) is 29.4 Å². The molecule has 1 N–H and O–H groups in total. The van der Waals surface area contributed by atoms with Crippen molar-refractivity contribution in [3.63, 3.8) is 0 Å². The highest BCUT2D eigenvalue weighted by Gasteiger charge is 2.41. The normalized spacial score (nSPS) is 19.3. The van der Waals surface area contributed by atoms with E-state index in [-0.39, 0.29) is 17.9 Å². The molecule has 1 unspecified atom stereocenters. The van der Waals surface area contributed by atoms with E-state index < -0.39 is 0 Å². The van der Waals surface area contributed by atoms with Crippen molar-refractivity contribution in [2.75, 3.05) is 22.2 Å². The largest absolute Gasteiger partial charge is 0.355 e. The van der Waals surface area contributed by atoms with Gasteiger partial charge in [-0.05, 0) is 62.2 Å². The topological polar surface area (TPSA) is 52.7 Å². The van der Waals surface area contributed by atoms with Gasteiger partial charge < -0.3 is 15.1 Å². The number of carbonyl (C=O) groups is 2. The fraction of sp³-hybridized carbons (Fsp3) is 0.300. The Morgan fingerprint density at radius 2 is 1.81 bits per heavy atom. The van der Waals surface area contributed by atoms with Gasteiger partial charge in [0.1, 0.15) is 6.04 Å². The highest BCUT2D eigenvalue weighted by Crippen LogP contribution is 2.42. The van der Waals surface area contributed by atoms with Gasteiger partial charge in [0.25, 0.3) is 5.91 Å². The van der Waals surface area contributed by atoms with Crippen molar-refractivity contribution >= 4 is 40.5 Å². The molecular formula is C20H20ClN3O2. The molecule has 2 aromatic carbocycles. The molecule has 1 heterocycles. The number of anilines is 3. The lowest BCUT2D eigenvalue weighted by Gasteiger charge is -2.40. The van der Waals surface area contributed by atoms with E-state index in [1.807, 2.05) is 19.1 Å². The second kappa shape index (κ2) is 6.32. The molecule has 0 saturated heterocycles. The molecule has 1 atom stereocenters. The fourth-order valence-corrected chi connectivity index (χ4v) is 3.61. The van der Waals surface area contributed by atoms with Crippen LogP contribution >= 0.6 is 11.6 Å². The molecule has 2 aromatic rings. The van der Waals surface area contributed by atoms with Crippen molar-refractivity contribution < 1.29 is 9.59 Å². The predicted octanol–water partition coefficient (Wildman–Crippen LogP) is 3.93. The quantitative estimate of drug-likeness (QED) is 0.891. The Labute approximate surface area is 157 Å². The van der Waals surface area contributed by atoms with Gasteiger partial charge in [-0.15, -0.1) is 0 Å². The SMILES string of the molecule is CC1C(=O)N(C)c2ccc(C(=O)Nc3ccc(Cl)cc3)cc2N1C1CC1. The maximum absolute atomic E-state index is 12.7. The summed E-state index contributed by atoms with van der Waals surface area (Å²) >= 11 is 5.88. The molecule has 1 saturated carbocycles. The summed E-state index contributed by atoms with van der Waals surface area (Å²) in [6.45, 7) is 1.93. The first-order valence-electron chi connectivity index (χ1n) is 8.72. The van der Waals surface area contributed by atoms with Crippen LogP contribution in [0.4, 0.5) is 17.1 Å². The molecule has 0 bridgehead atoms. The molecule has 5 nitrogen and oxygen atoms in total. The van der Waals surface area contributed by atoms with E-state index in [9.17, 15) is 9.59 Å². The minimum absolute atomic E-state index is 0.0859. The van der Waals surface area contributed by atoms with Crippen LogP contribution in [-0.4, -0.2) is 30.9 Å². The average Bonchev–Trinajstić information content (AvgIpc) is 3.46. The molecule has 0 radical (unpaired) electrons. The van der Waals surface area contributed by atoms with E-state index in [1.54, 1.807) is 42.3 Å². The van der Waals surface area contributed by atoms with Crippen LogP contribution in [0.5, 0.6) is 0 Å². The molecule has 2 amide bonds. The Hall–Kier alpha value is -2.53. The summed E-state index contributed by atoms with van der Waals surface area (Å²) in [4.78, 5) is 29.0. The van der Waals surface area contributed by atoms with Crippen molar-refractivity contribution in [2.24, 2.45) is 0 Å².